The molecule has 0 unspecified atom stereocenters. The van der Waals surface area contributed by atoms with E-state index in [9.17, 15) is 0 Å². The predicted molar refractivity (Wildman–Crippen MR) is 62.9 cm³/mol. The van der Waals surface area contributed by atoms with Crippen molar-refractivity contribution < 1.29 is 4.42 Å². The number of hydrogen-bond donors (Lipinski definition) is 1. The molecule has 0 atom stereocenters. The molecule has 0 aliphatic heterocycles. The Balaban J connectivity index is 2.16. The Bertz CT molecular complexity index is 445. The maximum atomic E-state index is 5.49. The molecule has 0 bridgehead atoms. The SMILES string of the molecule is CCCNCc1occc1-c1ccnn1C. The van der Waals surface area contributed by atoms with E-state index < -0.39 is 0 Å². The van der Waals surface area contributed by atoms with Gasteiger partial charge in [0.2, 0.25) is 0 Å². The minimum atomic E-state index is 0.765. The molecule has 0 radical (unpaired) electrons. The third-order valence-corrected chi connectivity index (χ3v) is 2.55. The van der Waals surface area contributed by atoms with E-state index in [1.807, 2.05) is 23.9 Å². The standard InChI is InChI=1S/C12H17N3O/c1-3-6-13-9-12-10(5-8-16-12)11-4-7-14-15(11)2/h4-5,7-8,13H,3,6,9H2,1-2H3. The molecule has 0 saturated carbocycles. The van der Waals surface area contributed by atoms with Gasteiger partial charge in [0, 0.05) is 18.8 Å². The summed E-state index contributed by atoms with van der Waals surface area (Å²) in [5.41, 5.74) is 2.20. The van der Waals surface area contributed by atoms with Crippen LogP contribution in [0, 0.1) is 0 Å². The third-order valence-electron chi connectivity index (χ3n) is 2.55. The summed E-state index contributed by atoms with van der Waals surface area (Å²) >= 11 is 0. The van der Waals surface area contributed by atoms with Crippen LogP contribution in [0.15, 0.2) is 29.0 Å². The van der Waals surface area contributed by atoms with Crippen molar-refractivity contribution in [1.29, 1.82) is 0 Å². The summed E-state index contributed by atoms with van der Waals surface area (Å²) in [6.07, 6.45) is 4.65. The largest absolute Gasteiger partial charge is 0.467 e. The van der Waals surface area contributed by atoms with Crippen LogP contribution >= 0.6 is 0 Å². The second-order valence-corrected chi connectivity index (χ2v) is 3.77. The molecule has 1 N–H and O–H groups in total. The summed E-state index contributed by atoms with van der Waals surface area (Å²) in [6, 6.07) is 3.98. The lowest BCUT2D eigenvalue weighted by molar-refractivity contribution is 0.484. The summed E-state index contributed by atoms with van der Waals surface area (Å²) < 4.78 is 7.34. The van der Waals surface area contributed by atoms with Gasteiger partial charge in [-0.05, 0) is 25.1 Å². The second kappa shape index (κ2) is 4.99. The number of nitrogens with one attached hydrogen (secondary N) is 1. The number of furan rings is 1. The van der Waals surface area contributed by atoms with Gasteiger partial charge in [-0.1, -0.05) is 6.92 Å². The van der Waals surface area contributed by atoms with E-state index >= 15 is 0 Å². The average Bonchev–Trinajstić information content (AvgIpc) is 2.87. The van der Waals surface area contributed by atoms with Crippen LogP contribution < -0.4 is 5.32 Å². The molecule has 0 saturated heterocycles. The lowest BCUT2D eigenvalue weighted by Gasteiger charge is -2.04. The molecular weight excluding hydrogens is 202 g/mol. The van der Waals surface area contributed by atoms with Gasteiger partial charge < -0.3 is 9.73 Å². The molecule has 0 spiro atoms. The first-order valence-electron chi connectivity index (χ1n) is 5.58. The van der Waals surface area contributed by atoms with Crippen LogP contribution in [0.3, 0.4) is 0 Å². The fourth-order valence-corrected chi connectivity index (χ4v) is 1.72. The summed E-state index contributed by atoms with van der Waals surface area (Å²) in [4.78, 5) is 0. The van der Waals surface area contributed by atoms with Crippen LogP contribution in [0.5, 0.6) is 0 Å². The van der Waals surface area contributed by atoms with Gasteiger partial charge in [-0.2, -0.15) is 5.10 Å². The van der Waals surface area contributed by atoms with Crippen LogP contribution in [-0.4, -0.2) is 16.3 Å². The Kier molecular flexibility index (Phi) is 3.41. The van der Waals surface area contributed by atoms with Gasteiger partial charge in [-0.3, -0.25) is 4.68 Å². The summed E-state index contributed by atoms with van der Waals surface area (Å²) in [5.74, 6) is 0.969. The molecule has 4 nitrogen and oxygen atoms in total. The Morgan fingerprint density at radius 2 is 2.31 bits per heavy atom. The Labute approximate surface area is 95.3 Å². The van der Waals surface area contributed by atoms with Crippen molar-refractivity contribution in [1.82, 2.24) is 15.1 Å². The lowest BCUT2D eigenvalue weighted by Crippen LogP contribution is -2.13. The number of nitrogens with zero attached hydrogens (tertiary/aromatic N) is 2. The van der Waals surface area contributed by atoms with Gasteiger partial charge in [-0.15, -0.1) is 0 Å². The van der Waals surface area contributed by atoms with Crippen molar-refractivity contribution in [3.63, 3.8) is 0 Å². The highest BCUT2D eigenvalue weighted by atomic mass is 16.3. The van der Waals surface area contributed by atoms with Gasteiger partial charge in [0.05, 0.1) is 18.5 Å². The maximum Gasteiger partial charge on any atom is 0.126 e. The van der Waals surface area contributed by atoms with Gasteiger partial charge >= 0.3 is 0 Å². The molecule has 0 amide bonds. The topological polar surface area (TPSA) is 43.0 Å². The lowest BCUT2D eigenvalue weighted by atomic mass is 10.2. The fourth-order valence-electron chi connectivity index (χ4n) is 1.72. The second-order valence-electron chi connectivity index (χ2n) is 3.77. The molecule has 0 aromatic carbocycles. The zero-order valence-corrected chi connectivity index (χ0v) is 9.73. The van der Waals surface area contributed by atoms with Gasteiger partial charge in [-0.25, -0.2) is 0 Å². The van der Waals surface area contributed by atoms with Crippen molar-refractivity contribution in [3.05, 3.63) is 30.4 Å². The average molecular weight is 219 g/mol. The van der Waals surface area contributed by atoms with Gasteiger partial charge in [0.25, 0.3) is 0 Å². The van der Waals surface area contributed by atoms with Crippen LogP contribution in [0.2, 0.25) is 0 Å². The van der Waals surface area contributed by atoms with Gasteiger partial charge in [0.15, 0.2) is 0 Å². The molecule has 2 aromatic heterocycles. The maximum absolute atomic E-state index is 5.49. The van der Waals surface area contributed by atoms with E-state index in [1.54, 1.807) is 12.5 Å². The molecule has 2 aromatic rings. The Hall–Kier alpha value is -1.55. The molecule has 4 heteroatoms. The zero-order chi connectivity index (χ0) is 11.4. The van der Waals surface area contributed by atoms with Crippen LogP contribution in [-0.2, 0) is 13.6 Å². The first-order valence-corrected chi connectivity index (χ1v) is 5.58. The summed E-state index contributed by atoms with van der Waals surface area (Å²) in [5, 5.41) is 7.50. The van der Waals surface area contributed by atoms with Crippen molar-refractivity contribution in [3.8, 4) is 11.3 Å². The van der Waals surface area contributed by atoms with Crippen molar-refractivity contribution in [2.45, 2.75) is 19.9 Å². The van der Waals surface area contributed by atoms with Crippen LogP contribution in [0.25, 0.3) is 11.3 Å². The van der Waals surface area contributed by atoms with E-state index in [-0.39, 0.29) is 0 Å². The number of hydrogen-bond acceptors (Lipinski definition) is 3. The molecule has 2 rings (SSSR count). The molecule has 2 heterocycles. The van der Waals surface area contributed by atoms with Crippen molar-refractivity contribution >= 4 is 0 Å². The molecule has 16 heavy (non-hydrogen) atoms. The van der Waals surface area contributed by atoms with Crippen LogP contribution in [0.1, 0.15) is 19.1 Å². The van der Waals surface area contributed by atoms with Crippen molar-refractivity contribution in [2.24, 2.45) is 7.05 Å². The first kappa shape index (κ1) is 11.0. The smallest absolute Gasteiger partial charge is 0.126 e. The monoisotopic (exact) mass is 219 g/mol. The van der Waals surface area contributed by atoms with E-state index in [2.05, 4.69) is 17.3 Å². The van der Waals surface area contributed by atoms with E-state index in [0.29, 0.717) is 0 Å². The number of aromatic nitrogens is 2. The van der Waals surface area contributed by atoms with Gasteiger partial charge in [0.1, 0.15) is 5.76 Å². The van der Waals surface area contributed by atoms with E-state index in [4.69, 9.17) is 4.42 Å². The van der Waals surface area contributed by atoms with E-state index in [0.717, 1.165) is 36.5 Å². The quantitative estimate of drug-likeness (QED) is 0.784. The third kappa shape index (κ3) is 2.17. The minimum absolute atomic E-state index is 0.765. The van der Waals surface area contributed by atoms with Crippen molar-refractivity contribution in [2.75, 3.05) is 6.54 Å². The normalized spacial score (nSPS) is 10.9. The molecule has 0 aliphatic carbocycles. The highest BCUT2D eigenvalue weighted by molar-refractivity contribution is 5.61. The highest BCUT2D eigenvalue weighted by Crippen LogP contribution is 2.23. The van der Waals surface area contributed by atoms with Crippen LogP contribution in [0.4, 0.5) is 0 Å². The zero-order valence-electron chi connectivity index (χ0n) is 9.73. The Morgan fingerprint density at radius 1 is 1.44 bits per heavy atom. The van der Waals surface area contributed by atoms with E-state index in [1.165, 1.54) is 0 Å². The molecule has 86 valence electrons. The minimum Gasteiger partial charge on any atom is -0.467 e. The highest BCUT2D eigenvalue weighted by Gasteiger charge is 2.10. The first-order chi connectivity index (χ1) is 7.83. The predicted octanol–water partition coefficient (Wildman–Crippen LogP) is 2.18. The number of rotatable bonds is 5. The summed E-state index contributed by atoms with van der Waals surface area (Å²) in [6.45, 7) is 3.92. The molecule has 0 aliphatic rings. The summed E-state index contributed by atoms with van der Waals surface area (Å²) in [7, 11) is 1.94. The molecule has 0 fully saturated rings. The fraction of sp³-hybridized carbons (Fsp3) is 0.417. The number of aryl methyl sites for hydroxylation is 1. The Morgan fingerprint density at radius 3 is 3.00 bits per heavy atom. The molecular formula is C12H17N3O.